The third kappa shape index (κ3) is 4.28. The Labute approximate surface area is 204 Å². The Morgan fingerprint density at radius 2 is 1.71 bits per heavy atom. The van der Waals surface area contributed by atoms with Gasteiger partial charge in [0.05, 0.1) is 30.3 Å². The number of hydrogen-bond acceptors (Lipinski definition) is 6. The fraction of sp³-hybridized carbons (Fsp3) is 0.296. The number of aliphatic imine (C=N–C) groups is 1. The monoisotopic (exact) mass is 473 g/mol. The molecule has 5 rings (SSSR count). The number of rotatable bonds is 6. The third-order valence-electron chi connectivity index (χ3n) is 6.26. The molecule has 1 saturated heterocycles. The van der Waals surface area contributed by atoms with Crippen molar-refractivity contribution in [3.8, 4) is 0 Å². The van der Waals surface area contributed by atoms with Crippen LogP contribution in [0.5, 0.6) is 0 Å². The van der Waals surface area contributed by atoms with Crippen molar-refractivity contribution in [1.29, 1.82) is 0 Å². The number of fused-ring (bicyclic) bond motifs is 1. The molecule has 34 heavy (non-hydrogen) atoms. The smallest absolute Gasteiger partial charge is 0.338 e. The molecule has 3 heterocycles. The van der Waals surface area contributed by atoms with Gasteiger partial charge in [-0.2, -0.15) is 0 Å². The van der Waals surface area contributed by atoms with Crippen LogP contribution in [-0.4, -0.2) is 46.5 Å². The molecule has 7 heteroatoms. The second-order valence-electron chi connectivity index (χ2n) is 8.42. The Morgan fingerprint density at radius 3 is 2.38 bits per heavy atom. The Bertz CT molecular complexity index is 1170. The van der Waals surface area contributed by atoms with E-state index in [1.54, 1.807) is 6.92 Å². The summed E-state index contributed by atoms with van der Waals surface area (Å²) in [6.45, 7) is 3.71. The summed E-state index contributed by atoms with van der Waals surface area (Å²) in [7, 11) is 0. The zero-order valence-corrected chi connectivity index (χ0v) is 20.0. The minimum Gasteiger partial charge on any atom is -0.463 e. The summed E-state index contributed by atoms with van der Waals surface area (Å²) >= 11 is 1.50. The van der Waals surface area contributed by atoms with Crippen LogP contribution in [0.4, 0.5) is 0 Å². The number of benzene rings is 2. The van der Waals surface area contributed by atoms with Crippen LogP contribution in [0, 0.1) is 0 Å². The van der Waals surface area contributed by atoms with Crippen LogP contribution in [0.2, 0.25) is 0 Å². The number of carbonyl (C=O) groups is 2. The van der Waals surface area contributed by atoms with Gasteiger partial charge in [-0.05, 0) is 30.7 Å². The molecule has 1 amide bonds. The number of amides is 1. The Balaban J connectivity index is 1.61. The molecule has 0 bridgehead atoms. The zero-order valence-electron chi connectivity index (χ0n) is 19.1. The van der Waals surface area contributed by atoms with Crippen molar-refractivity contribution in [3.63, 3.8) is 0 Å². The van der Waals surface area contributed by atoms with Gasteiger partial charge in [0.2, 0.25) is 5.91 Å². The van der Waals surface area contributed by atoms with E-state index in [0.29, 0.717) is 11.3 Å². The third-order valence-corrected chi connectivity index (χ3v) is 7.15. The minimum absolute atomic E-state index is 0.118. The normalized spacial score (nSPS) is 19.6. The van der Waals surface area contributed by atoms with Gasteiger partial charge < -0.3 is 14.5 Å². The van der Waals surface area contributed by atoms with Gasteiger partial charge in [0.1, 0.15) is 0 Å². The SMILES string of the molecule is CCOC(=O)C1=C(c2ccccc2)N=C2SC=C(CC(=O)N3CCCC3)N2C1c1ccccc1. The molecule has 6 nitrogen and oxygen atoms in total. The highest BCUT2D eigenvalue weighted by Gasteiger charge is 2.42. The summed E-state index contributed by atoms with van der Waals surface area (Å²) in [6, 6.07) is 19.2. The molecular formula is C27H27N3O3S. The number of carbonyl (C=O) groups excluding carboxylic acids is 2. The van der Waals surface area contributed by atoms with Crippen molar-refractivity contribution in [1.82, 2.24) is 9.80 Å². The van der Waals surface area contributed by atoms with Gasteiger partial charge in [-0.1, -0.05) is 72.4 Å². The van der Waals surface area contributed by atoms with Gasteiger partial charge in [-0.25, -0.2) is 9.79 Å². The van der Waals surface area contributed by atoms with Crippen molar-refractivity contribution in [3.05, 3.63) is 88.5 Å². The van der Waals surface area contributed by atoms with Crippen LogP contribution >= 0.6 is 11.8 Å². The van der Waals surface area contributed by atoms with Crippen LogP contribution in [0.15, 0.2) is 82.3 Å². The average molecular weight is 474 g/mol. The maximum absolute atomic E-state index is 13.4. The van der Waals surface area contributed by atoms with Gasteiger partial charge in [0.25, 0.3) is 0 Å². The van der Waals surface area contributed by atoms with Crippen molar-refractivity contribution < 1.29 is 14.3 Å². The first-order chi connectivity index (χ1) is 16.7. The number of esters is 1. The van der Waals surface area contributed by atoms with Crippen LogP contribution in [0.1, 0.15) is 43.4 Å². The lowest BCUT2D eigenvalue weighted by Crippen LogP contribution is -2.38. The van der Waals surface area contributed by atoms with E-state index in [2.05, 4.69) is 0 Å². The molecule has 1 atom stereocenters. The molecular weight excluding hydrogens is 446 g/mol. The fourth-order valence-electron chi connectivity index (χ4n) is 4.67. The van der Waals surface area contributed by atoms with Crippen molar-refractivity contribution in [2.75, 3.05) is 19.7 Å². The summed E-state index contributed by atoms with van der Waals surface area (Å²) in [5.41, 5.74) is 3.79. The molecule has 2 aromatic carbocycles. The summed E-state index contributed by atoms with van der Waals surface area (Å²) in [4.78, 5) is 35.4. The van der Waals surface area contributed by atoms with E-state index in [-0.39, 0.29) is 24.9 Å². The van der Waals surface area contributed by atoms with Gasteiger partial charge >= 0.3 is 5.97 Å². The maximum Gasteiger partial charge on any atom is 0.338 e. The Morgan fingerprint density at radius 1 is 1.03 bits per heavy atom. The zero-order chi connectivity index (χ0) is 23.5. The van der Waals surface area contributed by atoms with E-state index < -0.39 is 6.04 Å². The first kappa shape index (κ1) is 22.5. The van der Waals surface area contributed by atoms with Gasteiger partial charge in [-0.3, -0.25) is 4.79 Å². The lowest BCUT2D eigenvalue weighted by molar-refractivity contribution is -0.139. The Hall–Kier alpha value is -3.32. The van der Waals surface area contributed by atoms with Gasteiger partial charge in [0.15, 0.2) is 5.17 Å². The first-order valence-electron chi connectivity index (χ1n) is 11.7. The van der Waals surface area contributed by atoms with E-state index in [1.165, 1.54) is 11.8 Å². The molecule has 0 aromatic heterocycles. The predicted molar refractivity (Wildman–Crippen MR) is 135 cm³/mol. The molecule has 0 aliphatic carbocycles. The second kappa shape index (κ2) is 9.89. The molecule has 0 saturated carbocycles. The number of thioether (sulfide) groups is 1. The van der Waals surface area contributed by atoms with Crippen LogP contribution < -0.4 is 0 Å². The molecule has 3 aliphatic heterocycles. The van der Waals surface area contributed by atoms with Gasteiger partial charge in [-0.15, -0.1) is 0 Å². The molecule has 3 aliphatic rings. The van der Waals surface area contributed by atoms with E-state index >= 15 is 0 Å². The summed E-state index contributed by atoms with van der Waals surface area (Å²) in [5.74, 6) is -0.270. The van der Waals surface area contributed by atoms with E-state index in [0.717, 1.165) is 47.9 Å². The number of nitrogens with zero attached hydrogens (tertiary/aromatic N) is 3. The summed E-state index contributed by atoms with van der Waals surface area (Å²) < 4.78 is 5.54. The lowest BCUT2D eigenvalue weighted by Gasteiger charge is -2.37. The average Bonchev–Trinajstić information content (AvgIpc) is 3.55. The number of amidine groups is 1. The molecule has 2 aromatic rings. The quantitative estimate of drug-likeness (QED) is 0.554. The largest absolute Gasteiger partial charge is 0.463 e. The fourth-order valence-corrected chi connectivity index (χ4v) is 5.59. The molecule has 0 spiro atoms. The number of hydrogen-bond donors (Lipinski definition) is 0. The van der Waals surface area contributed by atoms with Crippen LogP contribution in [-0.2, 0) is 14.3 Å². The van der Waals surface area contributed by atoms with E-state index in [4.69, 9.17) is 9.73 Å². The van der Waals surface area contributed by atoms with Crippen molar-refractivity contribution in [2.45, 2.75) is 32.2 Å². The highest BCUT2D eigenvalue weighted by Crippen LogP contribution is 2.47. The van der Waals surface area contributed by atoms with Crippen molar-refractivity contribution >= 4 is 34.5 Å². The standard InChI is InChI=1S/C27H27N3O3S/c1-2-33-26(32)23-24(19-11-5-3-6-12-19)28-27-30(25(23)20-13-7-4-8-14-20)21(18-34-27)17-22(31)29-15-9-10-16-29/h3-8,11-14,18,25H,2,9-10,15-17H2,1H3. The van der Waals surface area contributed by atoms with E-state index in [1.807, 2.05) is 75.9 Å². The summed E-state index contributed by atoms with van der Waals surface area (Å²) in [6.07, 6.45) is 2.39. The highest BCUT2D eigenvalue weighted by atomic mass is 32.2. The first-order valence-corrected chi connectivity index (χ1v) is 12.6. The predicted octanol–water partition coefficient (Wildman–Crippen LogP) is 4.97. The molecule has 0 radical (unpaired) electrons. The second-order valence-corrected chi connectivity index (χ2v) is 9.25. The van der Waals surface area contributed by atoms with Gasteiger partial charge in [0, 0.05) is 24.4 Å². The van der Waals surface area contributed by atoms with E-state index in [9.17, 15) is 9.59 Å². The molecule has 174 valence electrons. The molecule has 1 unspecified atom stereocenters. The number of ether oxygens (including phenoxy) is 1. The lowest BCUT2D eigenvalue weighted by atomic mass is 9.91. The maximum atomic E-state index is 13.4. The number of likely N-dealkylation sites (tertiary alicyclic amines) is 1. The molecule has 1 fully saturated rings. The molecule has 0 N–H and O–H groups in total. The van der Waals surface area contributed by atoms with Crippen LogP contribution in [0.25, 0.3) is 5.70 Å². The Kier molecular flexibility index (Phi) is 6.54. The van der Waals surface area contributed by atoms with Crippen molar-refractivity contribution in [2.24, 2.45) is 4.99 Å². The van der Waals surface area contributed by atoms with Crippen LogP contribution in [0.3, 0.4) is 0 Å². The summed E-state index contributed by atoms with van der Waals surface area (Å²) in [5, 5.41) is 2.77. The topological polar surface area (TPSA) is 62.2 Å². The highest BCUT2D eigenvalue weighted by molar-refractivity contribution is 8.16. The minimum atomic E-state index is -0.435.